The van der Waals surface area contributed by atoms with Gasteiger partial charge < -0.3 is 4.90 Å². The maximum Gasteiger partial charge on any atom is 0.0584 e. The summed E-state index contributed by atoms with van der Waals surface area (Å²) in [6.07, 6.45) is 3.49. The molecule has 0 atom stereocenters. The summed E-state index contributed by atoms with van der Waals surface area (Å²) in [5, 5.41) is 6.80. The van der Waals surface area contributed by atoms with Crippen LogP contribution in [0.3, 0.4) is 0 Å². The van der Waals surface area contributed by atoms with Crippen LogP contribution in [0.4, 0.5) is 5.69 Å². The molecule has 3 nitrogen and oxygen atoms in total. The lowest BCUT2D eigenvalue weighted by molar-refractivity contribution is 0.409. The van der Waals surface area contributed by atoms with E-state index in [-0.39, 0.29) is 0 Å². The number of anilines is 1. The highest BCUT2D eigenvalue weighted by molar-refractivity contribution is 6.31. The molecule has 0 saturated heterocycles. The van der Waals surface area contributed by atoms with E-state index >= 15 is 0 Å². The molecule has 2 aromatic carbocycles. The Labute approximate surface area is 143 Å². The predicted octanol–water partition coefficient (Wildman–Crippen LogP) is 4.89. The Morgan fingerprint density at radius 3 is 2.52 bits per heavy atom. The van der Waals surface area contributed by atoms with Gasteiger partial charge in [-0.15, -0.1) is 0 Å². The van der Waals surface area contributed by atoms with Crippen molar-refractivity contribution in [3.8, 4) is 11.1 Å². The molecule has 0 amide bonds. The Hall–Kier alpha value is -2.26. The van der Waals surface area contributed by atoms with Crippen molar-refractivity contribution in [2.45, 2.75) is 6.92 Å². The third-order valence-electron chi connectivity index (χ3n) is 3.59. The molecule has 0 radical (unpaired) electrons. The molecule has 0 bridgehead atoms. The van der Waals surface area contributed by atoms with Gasteiger partial charge in [0.15, 0.2) is 0 Å². The molecule has 23 heavy (non-hydrogen) atoms. The van der Waals surface area contributed by atoms with E-state index in [9.17, 15) is 0 Å². The van der Waals surface area contributed by atoms with E-state index in [1.54, 1.807) is 12.4 Å². The number of hydrazone groups is 1. The van der Waals surface area contributed by atoms with E-state index < -0.39 is 0 Å². The molecule has 0 spiro atoms. The Kier molecular flexibility index (Phi) is 6.24. The first kappa shape index (κ1) is 17.1. The van der Waals surface area contributed by atoms with E-state index in [1.807, 2.05) is 42.3 Å². The largest absolute Gasteiger partial charge is 0.372 e. The van der Waals surface area contributed by atoms with Crippen LogP contribution in [-0.2, 0) is 0 Å². The fraction of sp³-hybridized carbons (Fsp3) is 0.211. The van der Waals surface area contributed by atoms with Crippen LogP contribution in [0.1, 0.15) is 6.92 Å². The highest BCUT2D eigenvalue weighted by Gasteiger charge is 2.11. The van der Waals surface area contributed by atoms with Crippen LogP contribution in [-0.4, -0.2) is 31.4 Å². The predicted molar refractivity (Wildman–Crippen MR) is 101 cm³/mol. The van der Waals surface area contributed by atoms with Gasteiger partial charge in [-0.05, 0) is 24.6 Å². The molecule has 0 fully saturated rings. The third kappa shape index (κ3) is 4.60. The van der Waals surface area contributed by atoms with Gasteiger partial charge in [-0.25, -0.2) is 0 Å². The molecule has 0 saturated carbocycles. The molecule has 0 aliphatic rings. The maximum atomic E-state index is 6.21. The van der Waals surface area contributed by atoms with Crippen LogP contribution in [0.25, 0.3) is 11.1 Å². The number of benzene rings is 2. The molecule has 2 aromatic rings. The monoisotopic (exact) mass is 327 g/mol. The minimum atomic E-state index is 0.735. The second kappa shape index (κ2) is 8.39. The first-order valence-electron chi connectivity index (χ1n) is 7.59. The van der Waals surface area contributed by atoms with Gasteiger partial charge in [0, 0.05) is 42.3 Å². The molecule has 0 N–H and O–H groups in total. The summed E-state index contributed by atoms with van der Waals surface area (Å²) >= 11 is 6.21. The number of nitrogens with zero attached hydrogens (tertiary/aromatic N) is 3. The van der Waals surface area contributed by atoms with Crippen molar-refractivity contribution in [3.63, 3.8) is 0 Å². The summed E-state index contributed by atoms with van der Waals surface area (Å²) in [6.45, 7) is 7.24. The van der Waals surface area contributed by atoms with Gasteiger partial charge >= 0.3 is 0 Å². The Morgan fingerprint density at radius 1 is 1.13 bits per heavy atom. The molecular formula is C19H22ClN3. The molecule has 2 rings (SSSR count). The molecule has 120 valence electrons. The second-order valence-corrected chi connectivity index (χ2v) is 5.60. The smallest absolute Gasteiger partial charge is 0.0584 e. The molecule has 4 heteroatoms. The summed E-state index contributed by atoms with van der Waals surface area (Å²) in [7, 11) is 2.06. The van der Waals surface area contributed by atoms with Gasteiger partial charge in [-0.2, -0.15) is 5.10 Å². The highest BCUT2D eigenvalue weighted by Crippen LogP contribution is 2.32. The quantitative estimate of drug-likeness (QED) is 0.532. The Morgan fingerprint density at radius 2 is 1.87 bits per heavy atom. The van der Waals surface area contributed by atoms with Gasteiger partial charge in [0.25, 0.3) is 0 Å². The average molecular weight is 328 g/mol. The van der Waals surface area contributed by atoms with Crippen molar-refractivity contribution in [2.24, 2.45) is 5.10 Å². The zero-order valence-corrected chi connectivity index (χ0v) is 14.4. The molecular weight excluding hydrogens is 306 g/mol. The lowest BCUT2D eigenvalue weighted by Gasteiger charge is -2.25. The molecule has 0 aliphatic carbocycles. The van der Waals surface area contributed by atoms with Gasteiger partial charge in [-0.1, -0.05) is 54.6 Å². The molecule has 0 unspecified atom stereocenters. The standard InChI is InChI=1S/C19H22ClN3/c1-4-21-23(5-2)14-13-22(3)19-15-17(20)11-12-18(19)16-9-7-6-8-10-16/h4-12,15H,2,13-14H2,1,3H3/b21-4-. The van der Waals surface area contributed by atoms with Crippen LogP contribution in [0.15, 0.2) is 66.4 Å². The van der Waals surface area contributed by atoms with Crippen molar-refractivity contribution in [1.29, 1.82) is 0 Å². The van der Waals surface area contributed by atoms with Crippen molar-refractivity contribution in [2.75, 3.05) is 25.0 Å². The fourth-order valence-corrected chi connectivity index (χ4v) is 2.57. The van der Waals surface area contributed by atoms with Crippen molar-refractivity contribution >= 4 is 23.5 Å². The number of rotatable bonds is 7. The van der Waals surface area contributed by atoms with Crippen LogP contribution >= 0.6 is 11.6 Å². The summed E-state index contributed by atoms with van der Waals surface area (Å²) in [6, 6.07) is 16.3. The summed E-state index contributed by atoms with van der Waals surface area (Å²) < 4.78 is 0. The van der Waals surface area contributed by atoms with Crippen LogP contribution in [0, 0.1) is 0 Å². The molecule has 0 aromatic heterocycles. The third-order valence-corrected chi connectivity index (χ3v) is 3.83. The van der Waals surface area contributed by atoms with Crippen molar-refractivity contribution < 1.29 is 0 Å². The van der Waals surface area contributed by atoms with Gasteiger partial charge in [-0.3, -0.25) is 5.01 Å². The topological polar surface area (TPSA) is 18.8 Å². The van der Waals surface area contributed by atoms with Gasteiger partial charge in [0.1, 0.15) is 0 Å². The highest BCUT2D eigenvalue weighted by atomic mass is 35.5. The van der Waals surface area contributed by atoms with Gasteiger partial charge in [0.05, 0.1) is 6.54 Å². The SMILES string of the molecule is C=CN(CCN(C)c1cc(Cl)ccc1-c1ccccc1)/N=C\C. The van der Waals surface area contributed by atoms with Crippen LogP contribution in [0.5, 0.6) is 0 Å². The minimum absolute atomic E-state index is 0.735. The molecule has 0 aliphatic heterocycles. The number of hydrogen-bond donors (Lipinski definition) is 0. The normalized spacial score (nSPS) is 10.7. The Balaban J connectivity index is 2.24. The maximum absolute atomic E-state index is 6.21. The first-order valence-corrected chi connectivity index (χ1v) is 7.97. The number of halogens is 1. The minimum Gasteiger partial charge on any atom is -0.372 e. The Bertz CT molecular complexity index is 668. The summed E-state index contributed by atoms with van der Waals surface area (Å²) in [5.41, 5.74) is 3.45. The average Bonchev–Trinajstić information content (AvgIpc) is 2.59. The number of likely N-dealkylation sites (N-methyl/N-ethyl adjacent to an activating group) is 1. The van der Waals surface area contributed by atoms with Crippen molar-refractivity contribution in [1.82, 2.24) is 5.01 Å². The van der Waals surface area contributed by atoms with E-state index in [0.29, 0.717) is 0 Å². The van der Waals surface area contributed by atoms with E-state index in [1.165, 1.54) is 11.1 Å². The van der Waals surface area contributed by atoms with E-state index in [4.69, 9.17) is 11.6 Å². The van der Waals surface area contributed by atoms with E-state index in [2.05, 4.69) is 41.8 Å². The fourth-order valence-electron chi connectivity index (χ4n) is 2.40. The van der Waals surface area contributed by atoms with Crippen LogP contribution < -0.4 is 4.90 Å². The zero-order chi connectivity index (χ0) is 16.7. The van der Waals surface area contributed by atoms with Gasteiger partial charge in [0.2, 0.25) is 0 Å². The second-order valence-electron chi connectivity index (χ2n) is 5.17. The molecule has 0 heterocycles. The van der Waals surface area contributed by atoms with Crippen LogP contribution in [0.2, 0.25) is 5.02 Å². The lowest BCUT2D eigenvalue weighted by atomic mass is 10.0. The van der Waals surface area contributed by atoms with E-state index in [0.717, 1.165) is 23.8 Å². The van der Waals surface area contributed by atoms with Crippen molar-refractivity contribution in [3.05, 3.63) is 66.3 Å². The first-order chi connectivity index (χ1) is 11.2. The lowest BCUT2D eigenvalue weighted by Crippen LogP contribution is -2.28. The summed E-state index contributed by atoms with van der Waals surface area (Å²) in [5.74, 6) is 0. The zero-order valence-electron chi connectivity index (χ0n) is 13.6. The summed E-state index contributed by atoms with van der Waals surface area (Å²) in [4.78, 5) is 2.19. The number of hydrogen-bond acceptors (Lipinski definition) is 3.